The quantitative estimate of drug-likeness (QED) is 0.329. The van der Waals surface area contributed by atoms with Crippen LogP contribution in [-0.2, 0) is 11.2 Å². The number of ether oxygens (including phenoxy) is 2. The number of benzene rings is 2. The first-order valence-corrected chi connectivity index (χ1v) is 9.82. The summed E-state index contributed by atoms with van der Waals surface area (Å²) in [6, 6.07) is 18.2. The van der Waals surface area contributed by atoms with Gasteiger partial charge in [0.1, 0.15) is 5.75 Å². The molecular weight excluding hydrogens is 364 g/mol. The SMILES string of the molecule is CN=C(NCCc1cccc2cccnc12)Nc1cccc(OCCCOC)c1. The Bertz CT molecular complexity index is 938. The predicted molar refractivity (Wildman–Crippen MR) is 119 cm³/mol. The summed E-state index contributed by atoms with van der Waals surface area (Å²) in [4.78, 5) is 8.83. The summed E-state index contributed by atoms with van der Waals surface area (Å²) in [5.74, 6) is 1.54. The highest BCUT2D eigenvalue weighted by Gasteiger charge is 2.04. The van der Waals surface area contributed by atoms with E-state index in [1.165, 1.54) is 5.56 Å². The molecule has 0 aliphatic heterocycles. The van der Waals surface area contributed by atoms with Crippen molar-refractivity contribution in [2.24, 2.45) is 4.99 Å². The largest absolute Gasteiger partial charge is 0.493 e. The Hall–Kier alpha value is -3.12. The zero-order valence-electron chi connectivity index (χ0n) is 17.0. The number of aromatic nitrogens is 1. The van der Waals surface area contributed by atoms with Crippen molar-refractivity contribution in [1.29, 1.82) is 0 Å². The number of pyridine rings is 1. The van der Waals surface area contributed by atoms with Gasteiger partial charge in [-0.3, -0.25) is 9.98 Å². The Morgan fingerprint density at radius 1 is 1.07 bits per heavy atom. The summed E-state index contributed by atoms with van der Waals surface area (Å²) in [7, 11) is 3.46. The molecule has 0 aliphatic rings. The van der Waals surface area contributed by atoms with E-state index in [-0.39, 0.29) is 0 Å². The Morgan fingerprint density at radius 3 is 2.79 bits per heavy atom. The van der Waals surface area contributed by atoms with Gasteiger partial charge in [0, 0.05) is 57.1 Å². The lowest BCUT2D eigenvalue weighted by Crippen LogP contribution is -2.32. The third kappa shape index (κ3) is 6.19. The van der Waals surface area contributed by atoms with Gasteiger partial charge in [0.25, 0.3) is 0 Å². The molecule has 2 N–H and O–H groups in total. The van der Waals surface area contributed by atoms with E-state index in [1.807, 2.05) is 36.5 Å². The number of para-hydroxylation sites is 1. The van der Waals surface area contributed by atoms with E-state index in [1.54, 1.807) is 14.2 Å². The first-order chi connectivity index (χ1) is 14.3. The lowest BCUT2D eigenvalue weighted by Gasteiger charge is -2.13. The molecule has 0 saturated carbocycles. The molecule has 0 fully saturated rings. The van der Waals surface area contributed by atoms with Gasteiger partial charge in [0.15, 0.2) is 5.96 Å². The molecule has 1 aromatic heterocycles. The average Bonchev–Trinajstić information content (AvgIpc) is 2.76. The van der Waals surface area contributed by atoms with Crippen molar-refractivity contribution in [3.63, 3.8) is 0 Å². The van der Waals surface area contributed by atoms with Crippen LogP contribution in [0.5, 0.6) is 5.75 Å². The van der Waals surface area contributed by atoms with Crippen molar-refractivity contribution in [2.45, 2.75) is 12.8 Å². The molecule has 3 aromatic rings. The molecule has 0 bridgehead atoms. The van der Waals surface area contributed by atoms with Gasteiger partial charge in [-0.2, -0.15) is 0 Å². The van der Waals surface area contributed by atoms with Crippen LogP contribution in [0.2, 0.25) is 0 Å². The number of hydrogen-bond donors (Lipinski definition) is 2. The number of methoxy groups -OCH3 is 1. The summed E-state index contributed by atoms with van der Waals surface area (Å²) >= 11 is 0. The lowest BCUT2D eigenvalue weighted by molar-refractivity contribution is 0.172. The molecule has 6 nitrogen and oxygen atoms in total. The molecule has 6 heteroatoms. The number of fused-ring (bicyclic) bond motifs is 1. The fraction of sp³-hybridized carbons (Fsp3) is 0.304. The van der Waals surface area contributed by atoms with E-state index >= 15 is 0 Å². The Morgan fingerprint density at radius 2 is 1.93 bits per heavy atom. The van der Waals surface area contributed by atoms with Crippen LogP contribution < -0.4 is 15.4 Å². The van der Waals surface area contributed by atoms with Crippen LogP contribution in [0.3, 0.4) is 0 Å². The van der Waals surface area contributed by atoms with Crippen LogP contribution >= 0.6 is 0 Å². The summed E-state index contributed by atoms with van der Waals surface area (Å²) in [5.41, 5.74) is 3.20. The Balaban J connectivity index is 1.53. The smallest absolute Gasteiger partial charge is 0.195 e. The summed E-state index contributed by atoms with van der Waals surface area (Å²) in [6.45, 7) is 2.08. The molecular formula is C23H28N4O2. The van der Waals surface area contributed by atoms with Gasteiger partial charge in [-0.25, -0.2) is 0 Å². The first-order valence-electron chi connectivity index (χ1n) is 9.82. The van der Waals surface area contributed by atoms with E-state index in [2.05, 4.69) is 44.9 Å². The number of rotatable bonds is 9. The highest BCUT2D eigenvalue weighted by molar-refractivity contribution is 5.93. The van der Waals surface area contributed by atoms with E-state index in [9.17, 15) is 0 Å². The monoisotopic (exact) mass is 392 g/mol. The highest BCUT2D eigenvalue weighted by atomic mass is 16.5. The fourth-order valence-corrected chi connectivity index (χ4v) is 3.06. The van der Waals surface area contributed by atoms with E-state index in [0.29, 0.717) is 13.2 Å². The number of aliphatic imine (C=N–C) groups is 1. The molecule has 0 saturated heterocycles. The number of hydrogen-bond acceptors (Lipinski definition) is 4. The maximum Gasteiger partial charge on any atom is 0.195 e. The number of nitrogens with zero attached hydrogens (tertiary/aromatic N) is 2. The van der Waals surface area contributed by atoms with Gasteiger partial charge in [-0.1, -0.05) is 30.3 Å². The minimum atomic E-state index is 0.628. The van der Waals surface area contributed by atoms with E-state index in [4.69, 9.17) is 9.47 Å². The van der Waals surface area contributed by atoms with E-state index < -0.39 is 0 Å². The lowest BCUT2D eigenvalue weighted by atomic mass is 10.1. The average molecular weight is 393 g/mol. The number of guanidine groups is 1. The van der Waals surface area contributed by atoms with Gasteiger partial charge in [-0.05, 0) is 30.2 Å². The molecule has 2 aromatic carbocycles. The zero-order valence-corrected chi connectivity index (χ0v) is 17.0. The number of nitrogens with one attached hydrogen (secondary N) is 2. The van der Waals surface area contributed by atoms with E-state index in [0.717, 1.165) is 47.7 Å². The molecule has 0 aliphatic carbocycles. The Kier molecular flexibility index (Phi) is 7.83. The topological polar surface area (TPSA) is 67.8 Å². The summed E-state index contributed by atoms with van der Waals surface area (Å²) < 4.78 is 10.8. The normalized spacial score (nSPS) is 11.4. The second-order valence-corrected chi connectivity index (χ2v) is 6.59. The third-order valence-corrected chi connectivity index (χ3v) is 4.48. The van der Waals surface area contributed by atoms with Crippen LogP contribution in [0.15, 0.2) is 65.8 Å². The van der Waals surface area contributed by atoms with Crippen molar-refractivity contribution >= 4 is 22.5 Å². The van der Waals surface area contributed by atoms with Crippen molar-refractivity contribution in [2.75, 3.05) is 39.2 Å². The number of anilines is 1. The van der Waals surface area contributed by atoms with Gasteiger partial charge in [0.05, 0.1) is 12.1 Å². The van der Waals surface area contributed by atoms with Crippen molar-refractivity contribution < 1.29 is 9.47 Å². The molecule has 0 amide bonds. The van der Waals surface area contributed by atoms with Crippen LogP contribution in [0, 0.1) is 0 Å². The second-order valence-electron chi connectivity index (χ2n) is 6.59. The third-order valence-electron chi connectivity index (χ3n) is 4.48. The van der Waals surface area contributed by atoms with Gasteiger partial charge in [0.2, 0.25) is 0 Å². The second kappa shape index (κ2) is 11.0. The predicted octanol–water partition coefficient (Wildman–Crippen LogP) is 3.88. The molecule has 3 rings (SSSR count). The van der Waals surface area contributed by atoms with Crippen molar-refractivity contribution in [3.8, 4) is 5.75 Å². The highest BCUT2D eigenvalue weighted by Crippen LogP contribution is 2.18. The van der Waals surface area contributed by atoms with Crippen LogP contribution in [0.4, 0.5) is 5.69 Å². The molecule has 0 spiro atoms. The minimum Gasteiger partial charge on any atom is -0.493 e. The molecule has 0 unspecified atom stereocenters. The summed E-state index contributed by atoms with van der Waals surface area (Å²) in [5, 5.41) is 7.84. The molecule has 152 valence electrons. The molecule has 1 heterocycles. The maximum atomic E-state index is 5.76. The van der Waals surface area contributed by atoms with Crippen molar-refractivity contribution in [1.82, 2.24) is 10.3 Å². The van der Waals surface area contributed by atoms with Crippen LogP contribution in [0.25, 0.3) is 10.9 Å². The molecule has 29 heavy (non-hydrogen) atoms. The van der Waals surface area contributed by atoms with Gasteiger partial charge in [-0.15, -0.1) is 0 Å². The zero-order chi connectivity index (χ0) is 20.3. The van der Waals surface area contributed by atoms with Crippen LogP contribution in [0.1, 0.15) is 12.0 Å². The fourth-order valence-electron chi connectivity index (χ4n) is 3.06. The van der Waals surface area contributed by atoms with Gasteiger partial charge < -0.3 is 20.1 Å². The standard InChI is InChI=1S/C23H28N4O2/c1-24-23(27-20-10-4-11-21(17-20)29-16-6-15-28-2)26-14-12-19-8-3-7-18-9-5-13-25-22(18)19/h3-5,7-11,13,17H,6,12,14-16H2,1-2H3,(H2,24,26,27). The maximum absolute atomic E-state index is 5.76. The van der Waals surface area contributed by atoms with Crippen molar-refractivity contribution in [3.05, 3.63) is 66.4 Å². The van der Waals surface area contributed by atoms with Gasteiger partial charge >= 0.3 is 0 Å². The van der Waals surface area contributed by atoms with Crippen LogP contribution in [-0.4, -0.2) is 44.9 Å². The first kappa shape index (κ1) is 20.6. The minimum absolute atomic E-state index is 0.628. The molecule has 0 atom stereocenters. The molecule has 0 radical (unpaired) electrons. The Labute approximate surface area is 172 Å². The summed E-state index contributed by atoms with van der Waals surface area (Å²) in [6.07, 6.45) is 3.56.